The molecule has 2 saturated heterocycles. The van der Waals surface area contributed by atoms with Crippen molar-refractivity contribution in [2.75, 3.05) is 11.9 Å². The van der Waals surface area contributed by atoms with Crippen molar-refractivity contribution in [3.63, 3.8) is 0 Å². The maximum Gasteiger partial charge on any atom is 0.246 e. The number of hydrogen-bond acceptors (Lipinski definition) is 6. The Bertz CT molecular complexity index is 1180. The summed E-state index contributed by atoms with van der Waals surface area (Å²) in [6, 6.07) is 2.69. The van der Waals surface area contributed by atoms with Crippen molar-refractivity contribution in [1.29, 1.82) is 5.26 Å². The Labute approximate surface area is 222 Å². The minimum absolute atomic E-state index is 0.0140. The van der Waals surface area contributed by atoms with E-state index >= 15 is 0 Å². The molecule has 1 aromatic heterocycles. The molecule has 204 valence electrons. The summed E-state index contributed by atoms with van der Waals surface area (Å²) < 4.78 is 13.4. The highest BCUT2D eigenvalue weighted by atomic mass is 19.1. The average Bonchev–Trinajstić information content (AvgIpc) is 3.56. The summed E-state index contributed by atoms with van der Waals surface area (Å²) in [5.74, 6) is -0.859. The number of hydrogen-bond donors (Lipinski definition) is 3. The van der Waals surface area contributed by atoms with Crippen molar-refractivity contribution in [2.24, 2.45) is 28.6 Å². The van der Waals surface area contributed by atoms with E-state index in [1.807, 2.05) is 20.8 Å². The minimum atomic E-state index is -0.815. The van der Waals surface area contributed by atoms with Crippen LogP contribution >= 0.6 is 0 Å². The van der Waals surface area contributed by atoms with Crippen LogP contribution in [-0.2, 0) is 14.4 Å². The van der Waals surface area contributed by atoms with E-state index in [0.717, 1.165) is 19.0 Å². The first-order chi connectivity index (χ1) is 17.8. The Morgan fingerprint density at radius 2 is 2.03 bits per heavy atom. The quantitative estimate of drug-likeness (QED) is 0.503. The van der Waals surface area contributed by atoms with E-state index in [9.17, 15) is 24.0 Å². The molecule has 1 aromatic rings. The van der Waals surface area contributed by atoms with E-state index in [0.29, 0.717) is 18.8 Å². The number of likely N-dealkylation sites (tertiary alicyclic amines) is 1. The molecule has 4 aliphatic rings. The first-order valence-electron chi connectivity index (χ1n) is 13.5. The number of nitrogens with one attached hydrogen (secondary N) is 3. The zero-order valence-electron chi connectivity index (χ0n) is 22.7. The lowest BCUT2D eigenvalue weighted by atomic mass is 9.85. The number of aromatic nitrogens is 1. The zero-order valence-corrected chi connectivity index (χ0v) is 22.7. The molecule has 3 amide bonds. The highest BCUT2D eigenvalue weighted by Gasteiger charge is 2.69. The highest BCUT2D eigenvalue weighted by Crippen LogP contribution is 2.65. The lowest BCUT2D eigenvalue weighted by Gasteiger charge is -2.38. The number of nitrogens with zero attached hydrogens (tertiary/aromatic N) is 3. The predicted molar refractivity (Wildman–Crippen MR) is 138 cm³/mol. The van der Waals surface area contributed by atoms with Gasteiger partial charge in [0.15, 0.2) is 0 Å². The molecular weight excluding hydrogens is 487 g/mol. The van der Waals surface area contributed by atoms with Crippen molar-refractivity contribution in [3.8, 4) is 6.07 Å². The molecule has 0 bridgehead atoms. The van der Waals surface area contributed by atoms with Crippen LogP contribution in [0.25, 0.3) is 0 Å². The van der Waals surface area contributed by atoms with Crippen LogP contribution in [-0.4, -0.2) is 57.8 Å². The van der Waals surface area contributed by atoms with Crippen LogP contribution in [0.1, 0.15) is 60.3 Å². The number of carbonyl (C=O) groups excluding carboxylic acids is 3. The van der Waals surface area contributed by atoms with Crippen molar-refractivity contribution in [2.45, 2.75) is 84.0 Å². The summed E-state index contributed by atoms with van der Waals surface area (Å²) >= 11 is 0. The summed E-state index contributed by atoms with van der Waals surface area (Å²) in [7, 11) is 0. The Hall–Kier alpha value is -3.22. The van der Waals surface area contributed by atoms with Gasteiger partial charge in [0, 0.05) is 18.0 Å². The Balaban J connectivity index is 1.32. The van der Waals surface area contributed by atoms with E-state index in [1.54, 1.807) is 4.90 Å². The van der Waals surface area contributed by atoms with Gasteiger partial charge in [-0.05, 0) is 60.5 Å². The van der Waals surface area contributed by atoms with Crippen molar-refractivity contribution < 1.29 is 18.8 Å². The van der Waals surface area contributed by atoms with Gasteiger partial charge in [0.25, 0.3) is 0 Å². The summed E-state index contributed by atoms with van der Waals surface area (Å²) in [6.45, 7) is 10.4. The molecule has 3 N–H and O–H groups in total. The molecule has 4 fully saturated rings. The largest absolute Gasteiger partial charge is 0.358 e. The molecule has 3 heterocycles. The van der Waals surface area contributed by atoms with Gasteiger partial charge in [-0.2, -0.15) is 5.26 Å². The SMILES string of the molecule is CC(C)(C)[C@H](Nc1ccc(F)cn1)C(=O)N1C[C@H]2[C@@H]([C@H]1C(=O)N[C@H](C#N)C[C@@H]1CC3(CC3)NC1=O)C2(C)C. The van der Waals surface area contributed by atoms with Gasteiger partial charge >= 0.3 is 0 Å². The number of amides is 3. The summed E-state index contributed by atoms with van der Waals surface area (Å²) in [5, 5.41) is 18.9. The van der Waals surface area contributed by atoms with Gasteiger partial charge in [0.2, 0.25) is 17.7 Å². The van der Waals surface area contributed by atoms with Gasteiger partial charge in [-0.25, -0.2) is 9.37 Å². The Morgan fingerprint density at radius 1 is 1.32 bits per heavy atom. The van der Waals surface area contributed by atoms with Gasteiger partial charge in [-0.3, -0.25) is 14.4 Å². The van der Waals surface area contributed by atoms with Crippen LogP contribution < -0.4 is 16.0 Å². The molecule has 6 atom stereocenters. The van der Waals surface area contributed by atoms with Crippen molar-refractivity contribution in [1.82, 2.24) is 20.5 Å². The second-order valence-electron chi connectivity index (χ2n) is 13.3. The molecule has 38 heavy (non-hydrogen) atoms. The minimum Gasteiger partial charge on any atom is -0.358 e. The summed E-state index contributed by atoms with van der Waals surface area (Å²) in [5.41, 5.74) is -0.714. The maximum absolute atomic E-state index is 14.0. The molecule has 0 radical (unpaired) electrons. The second-order valence-corrected chi connectivity index (χ2v) is 13.3. The smallest absolute Gasteiger partial charge is 0.246 e. The van der Waals surface area contributed by atoms with Crippen LogP contribution in [0, 0.1) is 45.7 Å². The molecule has 2 aliphatic carbocycles. The normalized spacial score (nSPS) is 29.6. The first kappa shape index (κ1) is 26.4. The monoisotopic (exact) mass is 524 g/mol. The van der Waals surface area contributed by atoms with Gasteiger partial charge < -0.3 is 20.9 Å². The molecule has 2 saturated carbocycles. The molecule has 9 nitrogen and oxygen atoms in total. The van der Waals surface area contributed by atoms with Gasteiger partial charge in [0.1, 0.15) is 29.8 Å². The molecule has 10 heteroatoms. The molecular formula is C28H37FN6O3. The lowest BCUT2D eigenvalue weighted by molar-refractivity contribution is -0.142. The number of anilines is 1. The third-order valence-corrected chi connectivity index (χ3v) is 9.14. The van der Waals surface area contributed by atoms with Gasteiger partial charge in [-0.1, -0.05) is 34.6 Å². The maximum atomic E-state index is 14.0. The van der Waals surface area contributed by atoms with Crippen LogP contribution in [0.4, 0.5) is 10.2 Å². The predicted octanol–water partition coefficient (Wildman–Crippen LogP) is 2.60. The molecule has 5 rings (SSSR count). The standard InChI is InChI=1S/C28H37FN6O3/c1-26(2,3)22(33-19-7-6-16(29)13-31-19)25(38)35-14-18-20(27(18,4)5)21(35)24(37)32-17(12-30)10-15-11-28(8-9-28)34-23(15)36/h6-7,13,15,17-18,20-22H,8-11,14H2,1-5H3,(H,31,33)(H,32,37)(H,34,36)/t15-,17+,18+,20+,21+,22-/m1/s1. The molecule has 0 aromatic carbocycles. The van der Waals surface area contributed by atoms with Crippen molar-refractivity contribution >= 4 is 23.5 Å². The van der Waals surface area contributed by atoms with Gasteiger partial charge in [0.05, 0.1) is 12.3 Å². The van der Waals surface area contributed by atoms with E-state index in [4.69, 9.17) is 0 Å². The average molecular weight is 525 g/mol. The fraction of sp³-hybridized carbons (Fsp3) is 0.679. The number of pyridine rings is 1. The number of rotatable bonds is 7. The van der Waals surface area contributed by atoms with Crippen LogP contribution in [0.15, 0.2) is 18.3 Å². The lowest BCUT2D eigenvalue weighted by Crippen LogP contribution is -2.57. The fourth-order valence-electron chi connectivity index (χ4n) is 6.57. The first-order valence-corrected chi connectivity index (χ1v) is 13.5. The van der Waals surface area contributed by atoms with E-state index in [2.05, 4.69) is 40.9 Å². The molecule has 0 unspecified atom stereocenters. The Morgan fingerprint density at radius 3 is 2.58 bits per heavy atom. The zero-order chi connectivity index (χ0) is 27.6. The van der Waals surface area contributed by atoms with E-state index in [-0.39, 0.29) is 52.8 Å². The molecule has 2 aliphatic heterocycles. The third kappa shape index (κ3) is 4.72. The number of piperidine rings is 1. The topological polar surface area (TPSA) is 127 Å². The molecule has 1 spiro atoms. The van der Waals surface area contributed by atoms with Crippen LogP contribution in [0.5, 0.6) is 0 Å². The third-order valence-electron chi connectivity index (χ3n) is 9.14. The Kier molecular flexibility index (Phi) is 6.20. The number of nitriles is 1. The number of carbonyl (C=O) groups is 3. The van der Waals surface area contributed by atoms with Crippen LogP contribution in [0.3, 0.4) is 0 Å². The highest BCUT2D eigenvalue weighted by molar-refractivity contribution is 5.93. The van der Waals surface area contributed by atoms with Gasteiger partial charge in [-0.15, -0.1) is 0 Å². The number of fused-ring (bicyclic) bond motifs is 1. The van der Waals surface area contributed by atoms with E-state index in [1.165, 1.54) is 12.1 Å². The fourth-order valence-corrected chi connectivity index (χ4v) is 6.57. The number of halogens is 1. The second kappa shape index (κ2) is 8.92. The summed E-state index contributed by atoms with van der Waals surface area (Å²) in [6.07, 6.45) is 3.98. The summed E-state index contributed by atoms with van der Waals surface area (Å²) in [4.78, 5) is 45.8. The van der Waals surface area contributed by atoms with E-state index < -0.39 is 29.4 Å². The van der Waals surface area contributed by atoms with Crippen LogP contribution in [0.2, 0.25) is 0 Å². The van der Waals surface area contributed by atoms with Crippen molar-refractivity contribution in [3.05, 3.63) is 24.1 Å².